The Hall–Kier alpha value is -1.64. The molecule has 1 aliphatic heterocycles. The largest absolute Gasteiger partial charge is 0.311 e. The number of nitrogens with one attached hydrogen (secondary N) is 1. The molecule has 2 aromatic rings. The molecule has 3 rings (SSSR count). The van der Waals surface area contributed by atoms with Crippen LogP contribution in [0.1, 0.15) is 16.7 Å². The van der Waals surface area contributed by atoms with Crippen LogP contribution >= 0.6 is 0 Å². The molecule has 0 amide bonds. The quantitative estimate of drug-likeness (QED) is 0.884. The van der Waals surface area contributed by atoms with Crippen LogP contribution in [0, 0.1) is 0 Å². The van der Waals surface area contributed by atoms with Crippen LogP contribution in [0.25, 0.3) is 0 Å². The fraction of sp³-hybridized carbons (Fsp3) is 0.294. The van der Waals surface area contributed by atoms with Gasteiger partial charge in [-0.25, -0.2) is 0 Å². The van der Waals surface area contributed by atoms with Crippen molar-refractivity contribution in [3.63, 3.8) is 0 Å². The molecule has 2 heteroatoms. The Morgan fingerprint density at radius 1 is 0.895 bits per heavy atom. The highest BCUT2D eigenvalue weighted by atomic mass is 15.1. The Kier molecular flexibility index (Phi) is 3.92. The van der Waals surface area contributed by atoms with E-state index in [4.69, 9.17) is 0 Å². The highest BCUT2D eigenvalue weighted by molar-refractivity contribution is 5.27. The molecule has 0 fully saturated rings. The van der Waals surface area contributed by atoms with E-state index in [1.54, 1.807) is 0 Å². The lowest BCUT2D eigenvalue weighted by Crippen LogP contribution is -2.34. The maximum atomic E-state index is 3.52. The molecular weight excluding hydrogens is 232 g/mol. The van der Waals surface area contributed by atoms with Crippen LogP contribution in [0.4, 0.5) is 0 Å². The Morgan fingerprint density at radius 3 is 2.47 bits per heavy atom. The molecule has 1 N–H and O–H groups in total. The Labute approximate surface area is 115 Å². The van der Waals surface area contributed by atoms with Crippen molar-refractivity contribution in [1.29, 1.82) is 0 Å². The highest BCUT2D eigenvalue weighted by Gasteiger charge is 2.12. The Bertz CT molecular complexity index is 522. The van der Waals surface area contributed by atoms with Crippen molar-refractivity contribution >= 4 is 0 Å². The average Bonchev–Trinajstić information content (AvgIpc) is 2.43. The lowest BCUT2D eigenvalue weighted by Gasteiger charge is -2.26. The van der Waals surface area contributed by atoms with E-state index in [-0.39, 0.29) is 0 Å². The zero-order valence-corrected chi connectivity index (χ0v) is 11.2. The van der Waals surface area contributed by atoms with Crippen LogP contribution in [0.3, 0.4) is 0 Å². The van der Waals surface area contributed by atoms with Crippen LogP contribution in [0.15, 0.2) is 54.6 Å². The molecule has 2 aromatic carbocycles. The second kappa shape index (κ2) is 6.00. The summed E-state index contributed by atoms with van der Waals surface area (Å²) < 4.78 is 0. The Morgan fingerprint density at radius 2 is 1.63 bits per heavy atom. The monoisotopic (exact) mass is 252 g/mol. The molecule has 0 saturated heterocycles. The van der Waals surface area contributed by atoms with E-state index >= 15 is 0 Å². The number of hydrogen-bond donors (Lipinski definition) is 1. The molecule has 0 aromatic heterocycles. The number of fused-ring (bicyclic) bond motifs is 1. The molecule has 0 spiro atoms. The second-order valence-electron chi connectivity index (χ2n) is 5.14. The van der Waals surface area contributed by atoms with E-state index in [9.17, 15) is 0 Å². The minimum absolute atomic E-state index is 0.995. The fourth-order valence-corrected chi connectivity index (χ4v) is 2.64. The third-order valence-corrected chi connectivity index (χ3v) is 3.68. The molecule has 2 nitrogen and oxygen atoms in total. The summed E-state index contributed by atoms with van der Waals surface area (Å²) in [7, 11) is 0. The van der Waals surface area contributed by atoms with Gasteiger partial charge in [-0.1, -0.05) is 54.6 Å². The average molecular weight is 252 g/mol. The molecule has 0 saturated carbocycles. The van der Waals surface area contributed by atoms with Crippen LogP contribution in [0.2, 0.25) is 0 Å². The van der Waals surface area contributed by atoms with Gasteiger partial charge < -0.3 is 5.32 Å². The summed E-state index contributed by atoms with van der Waals surface area (Å²) in [5, 5.41) is 3.52. The molecular formula is C17H20N2. The van der Waals surface area contributed by atoms with Crippen LogP contribution in [-0.2, 0) is 19.6 Å². The van der Waals surface area contributed by atoms with Gasteiger partial charge in [0.1, 0.15) is 0 Å². The summed E-state index contributed by atoms with van der Waals surface area (Å²) in [4.78, 5) is 2.51. The van der Waals surface area contributed by atoms with Crippen molar-refractivity contribution in [2.75, 3.05) is 13.1 Å². The third-order valence-electron chi connectivity index (χ3n) is 3.68. The zero-order valence-electron chi connectivity index (χ0n) is 11.2. The van der Waals surface area contributed by atoms with Gasteiger partial charge in [0.25, 0.3) is 0 Å². The normalized spacial score (nSPS) is 16.4. The van der Waals surface area contributed by atoms with Gasteiger partial charge in [-0.3, -0.25) is 4.90 Å². The van der Waals surface area contributed by atoms with Gasteiger partial charge in [-0.2, -0.15) is 0 Å². The molecule has 0 radical (unpaired) electrons. The molecule has 0 unspecified atom stereocenters. The summed E-state index contributed by atoms with van der Waals surface area (Å²) >= 11 is 0. The van der Waals surface area contributed by atoms with Crippen molar-refractivity contribution in [2.45, 2.75) is 19.6 Å². The van der Waals surface area contributed by atoms with Crippen molar-refractivity contribution in [2.24, 2.45) is 0 Å². The molecule has 0 atom stereocenters. The summed E-state index contributed by atoms with van der Waals surface area (Å²) in [6.45, 7) is 5.23. The van der Waals surface area contributed by atoms with Crippen LogP contribution in [0.5, 0.6) is 0 Å². The number of hydrogen-bond acceptors (Lipinski definition) is 2. The summed E-state index contributed by atoms with van der Waals surface area (Å²) in [6, 6.07) is 19.5. The molecule has 1 heterocycles. The van der Waals surface area contributed by atoms with Gasteiger partial charge in [0.15, 0.2) is 0 Å². The van der Waals surface area contributed by atoms with Gasteiger partial charge in [-0.05, 0) is 16.7 Å². The molecule has 1 aliphatic rings. The minimum Gasteiger partial charge on any atom is -0.311 e. The lowest BCUT2D eigenvalue weighted by atomic mass is 10.1. The first-order valence-electron chi connectivity index (χ1n) is 6.95. The van der Waals surface area contributed by atoms with Gasteiger partial charge in [-0.15, -0.1) is 0 Å². The standard InChI is InChI=1S/C17H20N2/c1-2-6-15(7-3-1)13-19-11-10-18-12-16-8-4-5-9-17(16)14-19/h1-9,18H,10-14H2. The highest BCUT2D eigenvalue weighted by Crippen LogP contribution is 2.15. The third kappa shape index (κ3) is 3.22. The molecule has 0 bridgehead atoms. The molecule has 0 aliphatic carbocycles. The van der Waals surface area contributed by atoms with Crippen LogP contribution in [-0.4, -0.2) is 18.0 Å². The lowest BCUT2D eigenvalue weighted by molar-refractivity contribution is 0.250. The first-order valence-corrected chi connectivity index (χ1v) is 6.95. The van der Waals surface area contributed by atoms with E-state index in [1.165, 1.54) is 16.7 Å². The number of rotatable bonds is 2. The second-order valence-corrected chi connectivity index (χ2v) is 5.14. The maximum absolute atomic E-state index is 3.52. The SMILES string of the molecule is c1ccc(CN2CCNCc3ccccc3C2)cc1. The van der Waals surface area contributed by atoms with Crippen molar-refractivity contribution in [3.8, 4) is 0 Å². The predicted octanol–water partition coefficient (Wildman–Crippen LogP) is 2.79. The van der Waals surface area contributed by atoms with Crippen molar-refractivity contribution in [3.05, 3.63) is 71.3 Å². The maximum Gasteiger partial charge on any atom is 0.0241 e. The topological polar surface area (TPSA) is 15.3 Å². The summed E-state index contributed by atoms with van der Waals surface area (Å²) in [6.07, 6.45) is 0. The van der Waals surface area contributed by atoms with Gasteiger partial charge in [0.2, 0.25) is 0 Å². The number of nitrogens with zero attached hydrogens (tertiary/aromatic N) is 1. The van der Waals surface area contributed by atoms with E-state index in [1.807, 2.05) is 0 Å². The van der Waals surface area contributed by atoms with E-state index in [0.29, 0.717) is 0 Å². The van der Waals surface area contributed by atoms with E-state index in [2.05, 4.69) is 64.8 Å². The van der Waals surface area contributed by atoms with Crippen LogP contribution < -0.4 is 5.32 Å². The first kappa shape index (κ1) is 12.4. The van der Waals surface area contributed by atoms with Crippen molar-refractivity contribution in [1.82, 2.24) is 10.2 Å². The molecule has 19 heavy (non-hydrogen) atoms. The van der Waals surface area contributed by atoms with E-state index in [0.717, 1.165) is 32.7 Å². The predicted molar refractivity (Wildman–Crippen MR) is 78.7 cm³/mol. The number of benzene rings is 2. The first-order chi connectivity index (χ1) is 9.42. The molecule has 98 valence electrons. The van der Waals surface area contributed by atoms with Gasteiger partial charge >= 0.3 is 0 Å². The summed E-state index contributed by atoms with van der Waals surface area (Å²) in [5.41, 5.74) is 4.27. The van der Waals surface area contributed by atoms with Gasteiger partial charge in [0, 0.05) is 32.7 Å². The zero-order chi connectivity index (χ0) is 12.9. The Balaban J connectivity index is 1.76. The fourth-order valence-electron chi connectivity index (χ4n) is 2.64. The van der Waals surface area contributed by atoms with E-state index < -0.39 is 0 Å². The summed E-state index contributed by atoms with van der Waals surface area (Å²) in [5.74, 6) is 0. The van der Waals surface area contributed by atoms with Crippen molar-refractivity contribution < 1.29 is 0 Å². The smallest absolute Gasteiger partial charge is 0.0241 e. The van der Waals surface area contributed by atoms with Gasteiger partial charge in [0.05, 0.1) is 0 Å². The minimum atomic E-state index is 0.995.